The Morgan fingerprint density at radius 1 is 1.05 bits per heavy atom. The average Bonchev–Trinajstić information content (AvgIpc) is 3.48. The zero-order valence-electron chi connectivity index (χ0n) is 22.0. The maximum atomic E-state index is 13.3. The molecule has 3 heterocycles. The Morgan fingerprint density at radius 3 is 2.43 bits per heavy atom. The number of rotatable bonds is 11. The van der Waals surface area contributed by atoms with E-state index in [-0.39, 0.29) is 39.1 Å². The van der Waals surface area contributed by atoms with E-state index in [0.717, 1.165) is 52.9 Å². The molecule has 3 N–H and O–H groups in total. The van der Waals surface area contributed by atoms with Gasteiger partial charge in [0, 0.05) is 0 Å². The van der Waals surface area contributed by atoms with Gasteiger partial charge in [-0.25, -0.2) is 0 Å². The molecule has 1 aromatic heterocycles. The van der Waals surface area contributed by atoms with Gasteiger partial charge in [-0.3, -0.25) is 0 Å². The van der Waals surface area contributed by atoms with Gasteiger partial charge < -0.3 is 0 Å². The fraction of sp³-hybridized carbons (Fsp3) is 0.320. The van der Waals surface area contributed by atoms with E-state index in [1.54, 1.807) is 12.2 Å². The fourth-order valence-electron chi connectivity index (χ4n) is 4.22. The minimum absolute atomic E-state index is 0.00159. The molecule has 0 spiro atoms. The number of thiazole rings is 1. The third kappa shape index (κ3) is 7.58. The van der Waals surface area contributed by atoms with Crippen molar-refractivity contribution in [3.05, 3.63) is 54.0 Å². The van der Waals surface area contributed by atoms with Crippen molar-refractivity contribution in [1.29, 1.82) is 0 Å². The molecule has 12 nitrogen and oxygen atoms in total. The average molecular weight is 719 g/mol. The maximum absolute atomic E-state index is 13.3. The van der Waals surface area contributed by atoms with E-state index in [9.17, 15) is 32.7 Å². The third-order valence-corrected chi connectivity index (χ3v) is 12.0. The van der Waals surface area contributed by atoms with Crippen LogP contribution in [0.1, 0.15) is 24.8 Å². The zero-order valence-corrected chi connectivity index (χ0v) is 27.0. The van der Waals surface area contributed by atoms with Crippen LogP contribution in [0.25, 0.3) is 11.0 Å². The first-order valence-electron chi connectivity index (χ1n) is 12.4. The molecular weight excluding hydrogens is 694 g/mol. The Bertz CT molecular complexity index is 1800. The van der Waals surface area contributed by atoms with Crippen LogP contribution in [-0.4, -0.2) is 88.6 Å². The Morgan fingerprint density at radius 2 is 1.76 bits per heavy atom. The first-order valence-corrected chi connectivity index (χ1v) is 17.8. The predicted molar refractivity (Wildman–Crippen MR) is 165 cm³/mol. The van der Waals surface area contributed by atoms with Crippen molar-refractivity contribution >= 4 is 104 Å². The molecule has 1 aromatic carbocycles. The number of carboxylic acids is 2. The van der Waals surface area contributed by atoms with Crippen LogP contribution < -0.4 is 24.1 Å². The van der Waals surface area contributed by atoms with Gasteiger partial charge in [0.25, 0.3) is 0 Å². The van der Waals surface area contributed by atoms with Crippen molar-refractivity contribution in [3.63, 3.8) is 0 Å². The number of carboxylic acid groups (broad SMARTS) is 2. The predicted octanol–water partition coefficient (Wildman–Crippen LogP) is -0.114. The first-order chi connectivity index (χ1) is 19.7. The summed E-state index contributed by atoms with van der Waals surface area (Å²) in [5, 5.41) is 18.6. The number of amides is 1. The molecule has 4 rings (SSSR count). The summed E-state index contributed by atoms with van der Waals surface area (Å²) in [4.78, 5) is 52.0. The second kappa shape index (κ2) is 13.2. The minimum atomic E-state index is -4.02. The van der Waals surface area contributed by atoms with Crippen molar-refractivity contribution in [3.8, 4) is 0 Å². The van der Waals surface area contributed by atoms with E-state index in [2.05, 4.69) is 11.0 Å². The summed E-state index contributed by atoms with van der Waals surface area (Å²) in [6.45, 7) is 1.22. The molecule has 0 aliphatic carbocycles. The summed E-state index contributed by atoms with van der Waals surface area (Å²) in [6, 6.07) is 6.12. The van der Waals surface area contributed by atoms with Crippen molar-refractivity contribution in [2.75, 3.05) is 23.7 Å². The molecule has 2 aliphatic rings. The Labute approximate surface area is 259 Å². The van der Waals surface area contributed by atoms with Crippen LogP contribution in [-0.2, 0) is 31.0 Å². The standard InChI is InChI=1S/C25H25N3O9S4Se/c1-14-5-7-17-15(11-14)26(9-3-2-4-10-41(35,36)37)18(42-17)8-6-16-22(33)27(12-19(29)30)24(39-16)21-23(34)28(13-20(31)32)25(38)40-21/h5-8,11H,2-4,9-10,12-13H2,1H3,(H,29,30)(H,31,32)(H,35,36,37)/b16-6?,18-8?,24-21+. The van der Waals surface area contributed by atoms with Gasteiger partial charge in [0.15, 0.2) is 0 Å². The fourth-order valence-corrected chi connectivity index (χ4v) is 9.49. The van der Waals surface area contributed by atoms with Crippen molar-refractivity contribution in [2.45, 2.75) is 32.7 Å². The van der Waals surface area contributed by atoms with Gasteiger partial charge in [0.05, 0.1) is 0 Å². The number of carbonyl (C=O) groups excluding carboxylic acids is 1. The number of anilines is 1. The Hall–Kier alpha value is -2.79. The normalized spacial score (nSPS) is 18.0. The van der Waals surface area contributed by atoms with Crippen LogP contribution in [0.3, 0.4) is 0 Å². The number of carbonyl (C=O) groups is 3. The SMILES string of the molecule is Cc1ccc2c(c1)N(CCCCCS(=O)(=O)O)C(=CC=c1s/c(=C3/SC(=S)N(CC(=O)O)C3=O)n(CC(=O)O)c1=O)[Se]2. The van der Waals surface area contributed by atoms with E-state index in [0.29, 0.717) is 25.8 Å². The van der Waals surface area contributed by atoms with E-state index < -0.39 is 46.6 Å². The summed E-state index contributed by atoms with van der Waals surface area (Å²) in [5.74, 6) is -3.56. The molecule has 0 bridgehead atoms. The van der Waals surface area contributed by atoms with Gasteiger partial charge in [-0.15, -0.1) is 0 Å². The number of thiocarbonyl (C=S) groups is 1. The van der Waals surface area contributed by atoms with Crippen molar-refractivity contribution < 1.29 is 37.6 Å². The van der Waals surface area contributed by atoms with Crippen LogP contribution >= 0.6 is 35.3 Å². The van der Waals surface area contributed by atoms with E-state index >= 15 is 0 Å². The Balaban J connectivity index is 1.72. The number of hydrogen-bond acceptors (Lipinski definition) is 10. The molecule has 224 valence electrons. The van der Waals surface area contributed by atoms with Crippen molar-refractivity contribution in [1.82, 2.24) is 9.47 Å². The number of benzene rings is 1. The number of aliphatic carboxylic acids is 2. The molecule has 2 aromatic rings. The van der Waals surface area contributed by atoms with Gasteiger partial charge in [0.1, 0.15) is 0 Å². The number of fused-ring (bicyclic) bond motifs is 1. The van der Waals surface area contributed by atoms with E-state index in [1.165, 1.54) is 0 Å². The molecule has 42 heavy (non-hydrogen) atoms. The van der Waals surface area contributed by atoms with Gasteiger partial charge in [-0.1, -0.05) is 0 Å². The first kappa shape index (κ1) is 32.1. The summed E-state index contributed by atoms with van der Waals surface area (Å²) >= 11 is 6.80. The van der Waals surface area contributed by atoms with E-state index in [1.807, 2.05) is 19.1 Å². The molecule has 1 amide bonds. The number of hydrogen-bond donors (Lipinski definition) is 3. The third-order valence-electron chi connectivity index (χ3n) is 6.08. The zero-order chi connectivity index (χ0) is 30.8. The van der Waals surface area contributed by atoms with Crippen LogP contribution in [0.2, 0.25) is 0 Å². The van der Waals surface area contributed by atoms with Gasteiger partial charge in [-0.2, -0.15) is 0 Å². The van der Waals surface area contributed by atoms with Crippen LogP contribution in [0, 0.1) is 6.92 Å². The monoisotopic (exact) mass is 719 g/mol. The molecule has 0 saturated carbocycles. The second-order valence-electron chi connectivity index (χ2n) is 9.28. The number of aromatic nitrogens is 1. The molecule has 0 atom stereocenters. The number of aryl methyl sites for hydroxylation is 1. The molecule has 0 radical (unpaired) electrons. The Kier molecular flexibility index (Phi) is 10.1. The number of allylic oxidation sites excluding steroid dienone is 1. The van der Waals surface area contributed by atoms with Crippen LogP contribution in [0.5, 0.6) is 0 Å². The van der Waals surface area contributed by atoms with Crippen LogP contribution in [0.15, 0.2) is 33.7 Å². The van der Waals surface area contributed by atoms with Crippen LogP contribution in [0.4, 0.5) is 5.69 Å². The molecule has 17 heteroatoms. The number of thioether (sulfide) groups is 1. The quantitative estimate of drug-likeness (QED) is 0.122. The molecule has 2 aliphatic heterocycles. The molecule has 1 saturated heterocycles. The van der Waals surface area contributed by atoms with Gasteiger partial charge >= 0.3 is 261 Å². The van der Waals surface area contributed by atoms with Gasteiger partial charge in [-0.05, 0) is 0 Å². The summed E-state index contributed by atoms with van der Waals surface area (Å²) in [5.41, 5.74) is 1.49. The number of nitrogens with zero attached hydrogens (tertiary/aromatic N) is 3. The molecule has 1 fully saturated rings. The van der Waals surface area contributed by atoms with E-state index in [4.69, 9.17) is 21.9 Å². The second-order valence-corrected chi connectivity index (χ2v) is 15.8. The van der Waals surface area contributed by atoms with Gasteiger partial charge in [0.2, 0.25) is 0 Å². The summed E-state index contributed by atoms with van der Waals surface area (Å²) < 4.78 is 34.4. The molecule has 0 unspecified atom stereocenters. The summed E-state index contributed by atoms with van der Waals surface area (Å²) in [7, 11) is -4.02. The summed E-state index contributed by atoms with van der Waals surface area (Å²) in [6.07, 6.45) is 4.96. The topological polar surface area (TPSA) is 175 Å². The molecular formula is C25H25N3O9S4Se. The van der Waals surface area contributed by atoms with Crippen molar-refractivity contribution in [2.24, 2.45) is 0 Å². The number of unbranched alkanes of at least 4 members (excludes halogenated alkanes) is 2.